The first-order chi connectivity index (χ1) is 11.6. The van der Waals surface area contributed by atoms with Gasteiger partial charge in [0, 0.05) is 29.2 Å². The molecular weight excluding hydrogens is 324 g/mol. The van der Waals surface area contributed by atoms with Crippen molar-refractivity contribution in [3.8, 4) is 0 Å². The van der Waals surface area contributed by atoms with Gasteiger partial charge in [-0.3, -0.25) is 9.20 Å². The average Bonchev–Trinajstić information content (AvgIpc) is 3.20. The Balaban J connectivity index is 1.50. The Morgan fingerprint density at radius 3 is 3.04 bits per heavy atom. The molecule has 0 unspecified atom stereocenters. The van der Waals surface area contributed by atoms with Gasteiger partial charge in [-0.05, 0) is 19.9 Å². The highest BCUT2D eigenvalue weighted by Crippen LogP contribution is 2.19. The number of pyridine rings is 1. The molecule has 1 N–H and O–H groups in total. The van der Waals surface area contributed by atoms with Crippen LogP contribution in [-0.4, -0.2) is 30.1 Å². The topological polar surface area (TPSA) is 77.1 Å². The molecule has 0 spiro atoms. The first kappa shape index (κ1) is 14.8. The lowest BCUT2D eigenvalue weighted by Gasteiger charge is -2.07. The second-order valence-corrected chi connectivity index (χ2v) is 6.74. The van der Waals surface area contributed by atoms with Gasteiger partial charge in [0.25, 0.3) is 0 Å². The molecule has 0 fully saturated rings. The van der Waals surface area contributed by atoms with E-state index in [2.05, 4.69) is 34.2 Å². The van der Waals surface area contributed by atoms with Gasteiger partial charge >= 0.3 is 0 Å². The van der Waals surface area contributed by atoms with Crippen molar-refractivity contribution in [2.75, 3.05) is 5.32 Å². The Kier molecular flexibility index (Phi) is 3.53. The molecule has 24 heavy (non-hydrogen) atoms. The van der Waals surface area contributed by atoms with Crippen molar-refractivity contribution in [1.29, 1.82) is 0 Å². The number of fused-ring (bicyclic) bond motifs is 2. The summed E-state index contributed by atoms with van der Waals surface area (Å²) in [6, 6.07) is 2.13. The van der Waals surface area contributed by atoms with Gasteiger partial charge in [-0.1, -0.05) is 0 Å². The van der Waals surface area contributed by atoms with Crippen LogP contribution in [0.1, 0.15) is 25.6 Å². The van der Waals surface area contributed by atoms with E-state index in [-0.39, 0.29) is 18.4 Å². The zero-order valence-corrected chi connectivity index (χ0v) is 14.1. The minimum absolute atomic E-state index is 0.113. The third-order valence-corrected chi connectivity index (χ3v) is 4.46. The van der Waals surface area contributed by atoms with Gasteiger partial charge in [0.2, 0.25) is 5.91 Å². The van der Waals surface area contributed by atoms with Crippen LogP contribution < -0.4 is 5.32 Å². The highest BCUT2D eigenvalue weighted by molar-refractivity contribution is 7.15. The van der Waals surface area contributed by atoms with Crippen LogP contribution in [-0.2, 0) is 11.2 Å². The van der Waals surface area contributed by atoms with Crippen LogP contribution >= 0.6 is 11.3 Å². The van der Waals surface area contributed by atoms with Crippen molar-refractivity contribution >= 4 is 38.9 Å². The number of aromatic nitrogens is 5. The Morgan fingerprint density at radius 2 is 2.25 bits per heavy atom. The van der Waals surface area contributed by atoms with E-state index in [9.17, 15) is 4.79 Å². The summed E-state index contributed by atoms with van der Waals surface area (Å²) in [6.45, 7) is 4.11. The average molecular weight is 340 g/mol. The van der Waals surface area contributed by atoms with Crippen LogP contribution in [0.25, 0.3) is 16.0 Å². The molecule has 4 aromatic heterocycles. The lowest BCUT2D eigenvalue weighted by Crippen LogP contribution is -2.14. The summed E-state index contributed by atoms with van der Waals surface area (Å²) in [5.74, 6) is -0.113. The molecule has 0 aliphatic rings. The van der Waals surface area contributed by atoms with Crippen LogP contribution in [0, 0.1) is 0 Å². The smallest absolute Gasteiger partial charge is 0.230 e. The van der Waals surface area contributed by atoms with Gasteiger partial charge in [-0.2, -0.15) is 5.10 Å². The van der Waals surface area contributed by atoms with E-state index in [1.54, 1.807) is 23.7 Å². The van der Waals surface area contributed by atoms with Crippen LogP contribution in [0.15, 0.2) is 36.2 Å². The molecule has 7 nitrogen and oxygen atoms in total. The van der Waals surface area contributed by atoms with Gasteiger partial charge < -0.3 is 5.32 Å². The molecule has 0 aliphatic carbocycles. The summed E-state index contributed by atoms with van der Waals surface area (Å²) >= 11 is 1.55. The van der Waals surface area contributed by atoms with Crippen molar-refractivity contribution < 1.29 is 4.79 Å². The third kappa shape index (κ3) is 2.65. The SMILES string of the molecule is CC(C)n1ncc2cc(NC(=O)Cc3cn4ccsc4n3)cnc21. The summed E-state index contributed by atoms with van der Waals surface area (Å²) in [7, 11) is 0. The molecule has 0 aromatic carbocycles. The molecule has 4 heterocycles. The highest BCUT2D eigenvalue weighted by atomic mass is 32.1. The molecule has 4 aromatic rings. The maximum atomic E-state index is 12.2. The van der Waals surface area contributed by atoms with Gasteiger partial charge in [0.05, 0.1) is 30.2 Å². The molecule has 122 valence electrons. The molecule has 4 rings (SSSR count). The first-order valence-corrected chi connectivity index (χ1v) is 8.52. The van der Waals surface area contributed by atoms with Crippen molar-refractivity contribution in [2.24, 2.45) is 0 Å². The van der Waals surface area contributed by atoms with Crippen molar-refractivity contribution in [3.05, 3.63) is 41.9 Å². The van der Waals surface area contributed by atoms with E-state index in [0.717, 1.165) is 21.7 Å². The number of nitrogens with one attached hydrogen (secondary N) is 1. The predicted octanol–water partition coefficient (Wildman–Crippen LogP) is 2.90. The minimum atomic E-state index is -0.113. The standard InChI is InChI=1S/C16H16N6OS/c1-10(2)22-15-11(7-18-22)5-12(8-17-15)19-14(23)6-13-9-21-3-4-24-16(21)20-13/h3-5,7-10H,6H2,1-2H3,(H,19,23). The number of nitrogens with zero attached hydrogens (tertiary/aromatic N) is 5. The Hall–Kier alpha value is -2.74. The lowest BCUT2D eigenvalue weighted by molar-refractivity contribution is -0.115. The Bertz CT molecular complexity index is 999. The summed E-state index contributed by atoms with van der Waals surface area (Å²) in [5.41, 5.74) is 2.23. The number of imidazole rings is 1. The molecule has 0 saturated carbocycles. The van der Waals surface area contributed by atoms with Gasteiger partial charge in [-0.15, -0.1) is 11.3 Å². The van der Waals surface area contributed by atoms with Crippen LogP contribution in [0.5, 0.6) is 0 Å². The number of thiazole rings is 1. The lowest BCUT2D eigenvalue weighted by atomic mass is 10.3. The zero-order valence-electron chi connectivity index (χ0n) is 13.3. The van der Waals surface area contributed by atoms with Crippen LogP contribution in [0.3, 0.4) is 0 Å². The number of anilines is 1. The van der Waals surface area contributed by atoms with E-state index >= 15 is 0 Å². The number of carbonyl (C=O) groups is 1. The summed E-state index contributed by atoms with van der Waals surface area (Å²) in [4.78, 5) is 22.0. The fraction of sp³-hybridized carbons (Fsp3) is 0.250. The molecule has 8 heteroatoms. The Morgan fingerprint density at radius 1 is 1.38 bits per heavy atom. The molecular formula is C16H16N6OS. The van der Waals surface area contributed by atoms with E-state index in [1.807, 2.05) is 32.9 Å². The van der Waals surface area contributed by atoms with Gasteiger partial charge in [0.1, 0.15) is 0 Å². The molecule has 0 atom stereocenters. The van der Waals surface area contributed by atoms with Crippen molar-refractivity contribution in [2.45, 2.75) is 26.3 Å². The third-order valence-electron chi connectivity index (χ3n) is 3.69. The monoisotopic (exact) mass is 340 g/mol. The van der Waals surface area contributed by atoms with E-state index in [1.165, 1.54) is 0 Å². The first-order valence-electron chi connectivity index (χ1n) is 7.64. The van der Waals surface area contributed by atoms with E-state index in [0.29, 0.717) is 5.69 Å². The maximum Gasteiger partial charge on any atom is 0.230 e. The number of hydrogen-bond acceptors (Lipinski definition) is 5. The van der Waals surface area contributed by atoms with E-state index < -0.39 is 0 Å². The van der Waals surface area contributed by atoms with Gasteiger partial charge in [-0.25, -0.2) is 14.6 Å². The second kappa shape index (κ2) is 5.72. The zero-order chi connectivity index (χ0) is 16.7. The number of amides is 1. The number of carbonyl (C=O) groups excluding carboxylic acids is 1. The maximum absolute atomic E-state index is 12.2. The second-order valence-electron chi connectivity index (χ2n) is 5.87. The van der Waals surface area contributed by atoms with Crippen LogP contribution in [0.2, 0.25) is 0 Å². The quantitative estimate of drug-likeness (QED) is 0.620. The minimum Gasteiger partial charge on any atom is -0.324 e. The van der Waals surface area contributed by atoms with Crippen molar-refractivity contribution in [1.82, 2.24) is 24.1 Å². The molecule has 0 bridgehead atoms. The largest absolute Gasteiger partial charge is 0.324 e. The fourth-order valence-electron chi connectivity index (χ4n) is 2.62. The van der Waals surface area contributed by atoms with Crippen molar-refractivity contribution in [3.63, 3.8) is 0 Å². The number of rotatable bonds is 4. The molecule has 1 amide bonds. The highest BCUT2D eigenvalue weighted by Gasteiger charge is 2.11. The summed E-state index contributed by atoms with van der Waals surface area (Å²) in [5, 5.41) is 10.1. The summed E-state index contributed by atoms with van der Waals surface area (Å²) < 4.78 is 3.78. The van der Waals surface area contributed by atoms with Crippen LogP contribution in [0.4, 0.5) is 5.69 Å². The molecule has 0 saturated heterocycles. The predicted molar refractivity (Wildman–Crippen MR) is 93.3 cm³/mol. The normalized spacial score (nSPS) is 11.6. The van der Waals surface area contributed by atoms with E-state index in [4.69, 9.17) is 0 Å². The Labute approximate surface area is 142 Å². The summed E-state index contributed by atoms with van der Waals surface area (Å²) in [6.07, 6.45) is 7.46. The molecule has 0 radical (unpaired) electrons. The fourth-order valence-corrected chi connectivity index (χ4v) is 3.34. The van der Waals surface area contributed by atoms with Gasteiger partial charge in [0.15, 0.2) is 10.6 Å². The molecule has 0 aliphatic heterocycles. The number of hydrogen-bond donors (Lipinski definition) is 1.